The molecule has 4 rings (SSSR count). The van der Waals surface area contributed by atoms with E-state index in [0.717, 1.165) is 16.9 Å². The highest BCUT2D eigenvalue weighted by Crippen LogP contribution is 2.29. The highest BCUT2D eigenvalue weighted by molar-refractivity contribution is 6.30. The summed E-state index contributed by atoms with van der Waals surface area (Å²) in [6.07, 6.45) is 0.664. The van der Waals surface area contributed by atoms with Crippen molar-refractivity contribution in [3.05, 3.63) is 94.8 Å². The maximum atomic E-state index is 13.4. The highest BCUT2D eigenvalue weighted by atomic mass is 35.5. The van der Waals surface area contributed by atoms with Crippen molar-refractivity contribution >= 4 is 40.8 Å². The van der Waals surface area contributed by atoms with E-state index in [-0.39, 0.29) is 13.0 Å². The summed E-state index contributed by atoms with van der Waals surface area (Å²) < 4.78 is 13.4. The Morgan fingerprint density at radius 3 is 2.18 bits per heavy atom. The van der Waals surface area contributed by atoms with Crippen molar-refractivity contribution < 1.29 is 18.8 Å². The van der Waals surface area contributed by atoms with Crippen molar-refractivity contribution in [1.82, 2.24) is 4.90 Å². The molecule has 1 N–H and O–H groups in total. The van der Waals surface area contributed by atoms with Gasteiger partial charge < -0.3 is 10.2 Å². The Labute approximate surface area is 201 Å². The lowest BCUT2D eigenvalue weighted by Crippen LogP contribution is -2.37. The van der Waals surface area contributed by atoms with Crippen LogP contribution in [-0.2, 0) is 22.6 Å². The third-order valence-electron chi connectivity index (χ3n) is 5.69. The second-order valence-electron chi connectivity index (χ2n) is 8.01. The first-order valence-electron chi connectivity index (χ1n) is 10.9. The van der Waals surface area contributed by atoms with Gasteiger partial charge in [0.05, 0.1) is 12.1 Å². The molecule has 4 amide bonds. The number of imide groups is 1. The fourth-order valence-electron chi connectivity index (χ4n) is 3.84. The molecule has 34 heavy (non-hydrogen) atoms. The molecule has 0 aromatic heterocycles. The molecule has 1 aliphatic rings. The number of carbonyl (C=O) groups excluding carboxylic acids is 3. The van der Waals surface area contributed by atoms with Gasteiger partial charge in [0.15, 0.2) is 0 Å². The third-order valence-corrected chi connectivity index (χ3v) is 5.95. The quantitative estimate of drug-likeness (QED) is 0.461. The summed E-state index contributed by atoms with van der Waals surface area (Å²) in [6, 6.07) is 17.9. The minimum absolute atomic E-state index is 0.0537. The maximum absolute atomic E-state index is 13.4. The zero-order valence-electron chi connectivity index (χ0n) is 18.5. The number of halogens is 2. The molecule has 1 atom stereocenters. The SMILES string of the molecule is CCc1ccc(NC(=O)C[C@H]2C(=O)N(c3ccc(Cl)cc3)C(=O)N2Cc2ccc(F)cc2)cc1. The van der Waals surface area contributed by atoms with Crippen LogP contribution in [0.3, 0.4) is 0 Å². The Hall–Kier alpha value is -3.71. The van der Waals surface area contributed by atoms with Gasteiger partial charge in [0, 0.05) is 17.3 Å². The summed E-state index contributed by atoms with van der Waals surface area (Å²) >= 11 is 5.95. The number of hydrogen-bond acceptors (Lipinski definition) is 3. The number of urea groups is 1. The molecule has 0 bridgehead atoms. The standard InChI is InChI=1S/C26H23ClFN3O3/c1-2-17-5-11-21(12-6-17)29-24(32)15-23-25(33)31(22-13-7-19(27)8-14-22)26(34)30(23)16-18-3-9-20(28)10-4-18/h3-14,23H,2,15-16H2,1H3,(H,29,32)/t23-/m0/s1. The molecule has 1 saturated heterocycles. The molecule has 6 nitrogen and oxygen atoms in total. The van der Waals surface area contributed by atoms with E-state index < -0.39 is 29.7 Å². The summed E-state index contributed by atoms with van der Waals surface area (Å²) in [6.45, 7) is 2.09. The largest absolute Gasteiger partial charge is 0.332 e. The first-order valence-corrected chi connectivity index (χ1v) is 11.3. The molecule has 3 aromatic rings. The lowest BCUT2D eigenvalue weighted by molar-refractivity contribution is -0.124. The van der Waals surface area contributed by atoms with Crippen LogP contribution in [0.4, 0.5) is 20.6 Å². The van der Waals surface area contributed by atoms with Crippen LogP contribution in [0.5, 0.6) is 0 Å². The predicted octanol–water partition coefficient (Wildman–Crippen LogP) is 5.41. The Kier molecular flexibility index (Phi) is 6.93. The van der Waals surface area contributed by atoms with Crippen LogP contribution < -0.4 is 10.2 Å². The van der Waals surface area contributed by atoms with Crippen LogP contribution in [0.1, 0.15) is 24.5 Å². The van der Waals surface area contributed by atoms with Crippen molar-refractivity contribution in [3.8, 4) is 0 Å². The van der Waals surface area contributed by atoms with E-state index in [1.807, 2.05) is 19.1 Å². The van der Waals surface area contributed by atoms with Crippen LogP contribution in [0.25, 0.3) is 0 Å². The summed E-state index contributed by atoms with van der Waals surface area (Å²) in [4.78, 5) is 41.8. The van der Waals surface area contributed by atoms with Crippen LogP contribution in [-0.4, -0.2) is 28.8 Å². The molecule has 0 aliphatic carbocycles. The molecular weight excluding hydrogens is 457 g/mol. The Bertz CT molecular complexity index is 1200. The number of amides is 4. The average molecular weight is 480 g/mol. The number of benzene rings is 3. The molecule has 0 saturated carbocycles. The van der Waals surface area contributed by atoms with E-state index in [4.69, 9.17) is 11.6 Å². The molecule has 8 heteroatoms. The molecule has 1 fully saturated rings. The molecule has 0 unspecified atom stereocenters. The first kappa shape index (κ1) is 23.4. The zero-order chi connectivity index (χ0) is 24.2. The van der Waals surface area contributed by atoms with Crippen molar-refractivity contribution in [2.45, 2.75) is 32.4 Å². The van der Waals surface area contributed by atoms with Crippen LogP contribution in [0, 0.1) is 5.82 Å². The monoisotopic (exact) mass is 479 g/mol. The fourth-order valence-corrected chi connectivity index (χ4v) is 3.97. The summed E-state index contributed by atoms with van der Waals surface area (Å²) in [7, 11) is 0. The van der Waals surface area contributed by atoms with Gasteiger partial charge in [-0.25, -0.2) is 14.1 Å². The van der Waals surface area contributed by atoms with E-state index in [2.05, 4.69) is 5.32 Å². The summed E-state index contributed by atoms with van der Waals surface area (Å²) in [5, 5.41) is 3.26. The number of rotatable bonds is 7. The van der Waals surface area contributed by atoms with Gasteiger partial charge in [0.2, 0.25) is 5.91 Å². The fraction of sp³-hybridized carbons (Fsp3) is 0.192. The number of anilines is 2. The van der Waals surface area contributed by atoms with E-state index >= 15 is 0 Å². The van der Waals surface area contributed by atoms with Crippen molar-refractivity contribution in [1.29, 1.82) is 0 Å². The van der Waals surface area contributed by atoms with Gasteiger partial charge in [-0.05, 0) is 66.1 Å². The maximum Gasteiger partial charge on any atom is 0.332 e. The van der Waals surface area contributed by atoms with Gasteiger partial charge >= 0.3 is 6.03 Å². The Morgan fingerprint density at radius 1 is 0.941 bits per heavy atom. The second kappa shape index (κ2) is 10.1. The molecule has 174 valence electrons. The highest BCUT2D eigenvalue weighted by Gasteiger charge is 2.46. The first-order chi connectivity index (χ1) is 16.4. The smallest absolute Gasteiger partial charge is 0.326 e. The average Bonchev–Trinajstić information content (AvgIpc) is 3.05. The zero-order valence-corrected chi connectivity index (χ0v) is 19.3. The molecule has 1 heterocycles. The molecule has 1 aliphatic heterocycles. The summed E-state index contributed by atoms with van der Waals surface area (Å²) in [5.74, 6) is -1.30. The van der Waals surface area contributed by atoms with E-state index in [1.54, 1.807) is 48.5 Å². The molecule has 0 radical (unpaired) electrons. The van der Waals surface area contributed by atoms with Crippen LogP contribution in [0.15, 0.2) is 72.8 Å². The molecular formula is C26H23ClFN3O3. The Morgan fingerprint density at radius 2 is 1.56 bits per heavy atom. The second-order valence-corrected chi connectivity index (χ2v) is 8.44. The lowest BCUT2D eigenvalue weighted by atomic mass is 10.1. The number of hydrogen-bond donors (Lipinski definition) is 1. The normalized spacial score (nSPS) is 15.7. The van der Waals surface area contributed by atoms with Crippen LogP contribution in [0.2, 0.25) is 5.02 Å². The Balaban J connectivity index is 1.58. The van der Waals surface area contributed by atoms with Crippen LogP contribution >= 0.6 is 11.6 Å². The number of nitrogens with one attached hydrogen (secondary N) is 1. The van der Waals surface area contributed by atoms with E-state index in [9.17, 15) is 18.8 Å². The summed E-state index contributed by atoms with van der Waals surface area (Å²) in [5.41, 5.74) is 2.75. The topological polar surface area (TPSA) is 69.7 Å². The van der Waals surface area contributed by atoms with Gasteiger partial charge in [-0.2, -0.15) is 0 Å². The number of aryl methyl sites for hydroxylation is 1. The van der Waals surface area contributed by atoms with E-state index in [1.165, 1.54) is 17.0 Å². The van der Waals surface area contributed by atoms with Gasteiger partial charge in [-0.1, -0.05) is 42.8 Å². The molecule has 0 spiro atoms. The van der Waals surface area contributed by atoms with Gasteiger partial charge in [-0.15, -0.1) is 0 Å². The minimum Gasteiger partial charge on any atom is -0.326 e. The van der Waals surface area contributed by atoms with E-state index in [0.29, 0.717) is 22.0 Å². The van der Waals surface area contributed by atoms with Crippen molar-refractivity contribution in [2.75, 3.05) is 10.2 Å². The number of nitrogens with zero attached hydrogens (tertiary/aromatic N) is 2. The van der Waals surface area contributed by atoms with Crippen molar-refractivity contribution in [3.63, 3.8) is 0 Å². The predicted molar refractivity (Wildman–Crippen MR) is 129 cm³/mol. The lowest BCUT2D eigenvalue weighted by Gasteiger charge is -2.21. The van der Waals surface area contributed by atoms with Gasteiger partial charge in [0.1, 0.15) is 11.9 Å². The van der Waals surface area contributed by atoms with Gasteiger partial charge in [-0.3, -0.25) is 9.59 Å². The van der Waals surface area contributed by atoms with Crippen molar-refractivity contribution in [2.24, 2.45) is 0 Å². The third kappa shape index (κ3) is 5.10. The van der Waals surface area contributed by atoms with Gasteiger partial charge in [0.25, 0.3) is 5.91 Å². The number of carbonyl (C=O) groups is 3. The molecule has 3 aromatic carbocycles. The minimum atomic E-state index is -1.01.